The first-order chi connectivity index (χ1) is 12.2. The summed E-state index contributed by atoms with van der Waals surface area (Å²) in [7, 11) is -0.725. The molecular formula is C22H22IO2P. The molecule has 0 aliphatic heterocycles. The van der Waals surface area contributed by atoms with Crippen molar-refractivity contribution in [2.24, 2.45) is 0 Å². The van der Waals surface area contributed by atoms with E-state index >= 15 is 0 Å². The first-order valence-electron chi connectivity index (χ1n) is 8.39. The SMILES string of the molecule is CCOC(=O)c1cccc(P(c2ccccc2)c2ccccc2)c1C.I. The number of esters is 1. The maximum atomic E-state index is 12.3. The minimum absolute atomic E-state index is 0. The fourth-order valence-electron chi connectivity index (χ4n) is 2.88. The summed E-state index contributed by atoms with van der Waals surface area (Å²) in [6.45, 7) is 4.23. The molecule has 0 spiro atoms. The van der Waals surface area contributed by atoms with E-state index in [1.54, 1.807) is 0 Å². The molecule has 3 rings (SSSR count). The first kappa shape index (κ1) is 20.6. The van der Waals surface area contributed by atoms with Gasteiger partial charge in [0.2, 0.25) is 0 Å². The molecule has 0 unspecified atom stereocenters. The van der Waals surface area contributed by atoms with Gasteiger partial charge in [-0.25, -0.2) is 4.79 Å². The molecule has 0 aromatic heterocycles. The standard InChI is InChI=1S/C22H21O2P.HI/c1-3-24-22(23)20-15-10-16-21(17(20)2)25(18-11-6-4-7-12-18)19-13-8-5-9-14-19;/h4-16H,3H2,1-2H3;1H. The van der Waals surface area contributed by atoms with Gasteiger partial charge in [-0.2, -0.15) is 0 Å². The Morgan fingerprint density at radius 2 is 1.38 bits per heavy atom. The summed E-state index contributed by atoms with van der Waals surface area (Å²) in [5, 5.41) is 3.73. The lowest BCUT2D eigenvalue weighted by atomic mass is 10.1. The van der Waals surface area contributed by atoms with Crippen molar-refractivity contribution in [3.8, 4) is 0 Å². The molecule has 0 aliphatic rings. The maximum Gasteiger partial charge on any atom is 0.338 e. The van der Waals surface area contributed by atoms with Crippen molar-refractivity contribution >= 4 is 53.8 Å². The minimum Gasteiger partial charge on any atom is -0.462 e. The van der Waals surface area contributed by atoms with Gasteiger partial charge in [0.15, 0.2) is 0 Å². The number of rotatable bonds is 5. The molecule has 0 saturated heterocycles. The van der Waals surface area contributed by atoms with E-state index in [1.807, 2.05) is 38.1 Å². The van der Waals surface area contributed by atoms with Gasteiger partial charge in [-0.1, -0.05) is 72.8 Å². The quantitative estimate of drug-likeness (QED) is 0.307. The van der Waals surface area contributed by atoms with E-state index in [4.69, 9.17) is 4.74 Å². The fourth-order valence-corrected chi connectivity index (χ4v) is 5.36. The fraction of sp³-hybridized carbons (Fsp3) is 0.136. The Morgan fingerprint density at radius 3 is 1.88 bits per heavy atom. The average molecular weight is 476 g/mol. The van der Waals surface area contributed by atoms with Gasteiger partial charge in [0.05, 0.1) is 12.2 Å². The van der Waals surface area contributed by atoms with Gasteiger partial charge in [0.25, 0.3) is 0 Å². The third kappa shape index (κ3) is 4.52. The number of hydrogen-bond acceptors (Lipinski definition) is 2. The van der Waals surface area contributed by atoms with Gasteiger partial charge in [0.1, 0.15) is 0 Å². The van der Waals surface area contributed by atoms with E-state index in [-0.39, 0.29) is 29.9 Å². The van der Waals surface area contributed by atoms with Crippen molar-refractivity contribution in [3.05, 3.63) is 90.0 Å². The summed E-state index contributed by atoms with van der Waals surface area (Å²) in [6, 6.07) is 26.9. The smallest absolute Gasteiger partial charge is 0.338 e. The second-order valence-electron chi connectivity index (χ2n) is 5.68. The largest absolute Gasteiger partial charge is 0.462 e. The Labute approximate surface area is 173 Å². The van der Waals surface area contributed by atoms with Crippen molar-refractivity contribution in [1.82, 2.24) is 0 Å². The molecule has 4 heteroatoms. The van der Waals surface area contributed by atoms with Gasteiger partial charge < -0.3 is 4.74 Å². The number of carbonyl (C=O) groups excluding carboxylic acids is 1. The van der Waals surface area contributed by atoms with Gasteiger partial charge in [-0.3, -0.25) is 0 Å². The Kier molecular flexibility index (Phi) is 7.80. The van der Waals surface area contributed by atoms with E-state index in [0.717, 1.165) is 5.56 Å². The summed E-state index contributed by atoms with van der Waals surface area (Å²) in [5.74, 6) is -0.252. The van der Waals surface area contributed by atoms with Gasteiger partial charge in [-0.05, 0) is 49.3 Å². The van der Waals surface area contributed by atoms with Crippen molar-refractivity contribution in [2.45, 2.75) is 13.8 Å². The van der Waals surface area contributed by atoms with Crippen LogP contribution in [-0.2, 0) is 4.74 Å². The van der Waals surface area contributed by atoms with Crippen LogP contribution in [0, 0.1) is 6.92 Å². The summed E-state index contributed by atoms with van der Waals surface area (Å²) in [5.41, 5.74) is 1.65. The number of hydrogen-bond donors (Lipinski definition) is 0. The molecule has 134 valence electrons. The number of halogens is 1. The van der Waals surface area contributed by atoms with Crippen LogP contribution in [0.4, 0.5) is 0 Å². The zero-order valence-corrected chi connectivity index (χ0v) is 18.1. The minimum atomic E-state index is -0.725. The molecule has 0 bridgehead atoms. The molecule has 0 N–H and O–H groups in total. The van der Waals surface area contributed by atoms with Crippen LogP contribution in [0.25, 0.3) is 0 Å². The highest BCUT2D eigenvalue weighted by atomic mass is 127. The molecule has 0 saturated carbocycles. The molecule has 3 aromatic carbocycles. The lowest BCUT2D eigenvalue weighted by molar-refractivity contribution is 0.0525. The second-order valence-corrected chi connectivity index (χ2v) is 7.86. The molecular weight excluding hydrogens is 454 g/mol. The van der Waals surface area contributed by atoms with Crippen LogP contribution in [0.3, 0.4) is 0 Å². The van der Waals surface area contributed by atoms with Crippen LogP contribution in [0.1, 0.15) is 22.8 Å². The van der Waals surface area contributed by atoms with Crippen molar-refractivity contribution in [3.63, 3.8) is 0 Å². The van der Waals surface area contributed by atoms with Crippen molar-refractivity contribution in [1.29, 1.82) is 0 Å². The van der Waals surface area contributed by atoms with Crippen molar-refractivity contribution in [2.75, 3.05) is 6.61 Å². The summed E-state index contributed by atoms with van der Waals surface area (Å²) in [4.78, 5) is 12.3. The highest BCUT2D eigenvalue weighted by Gasteiger charge is 2.21. The molecule has 3 aromatic rings. The van der Waals surface area contributed by atoms with E-state index in [1.165, 1.54) is 15.9 Å². The van der Waals surface area contributed by atoms with Crippen LogP contribution in [0.15, 0.2) is 78.9 Å². The molecule has 0 amide bonds. The van der Waals surface area contributed by atoms with E-state index in [2.05, 4.69) is 54.6 Å². The van der Waals surface area contributed by atoms with Crippen molar-refractivity contribution < 1.29 is 9.53 Å². The van der Waals surface area contributed by atoms with E-state index < -0.39 is 7.92 Å². The molecule has 0 radical (unpaired) electrons. The predicted molar refractivity (Wildman–Crippen MR) is 121 cm³/mol. The zero-order valence-electron chi connectivity index (χ0n) is 14.9. The monoisotopic (exact) mass is 476 g/mol. The molecule has 0 aliphatic carbocycles. The van der Waals surface area contributed by atoms with Gasteiger partial charge in [-0.15, -0.1) is 24.0 Å². The number of benzene rings is 3. The lowest BCUT2D eigenvalue weighted by Gasteiger charge is -2.22. The predicted octanol–water partition coefficient (Wildman–Crippen LogP) is 4.55. The second kappa shape index (κ2) is 9.84. The normalized spacial score (nSPS) is 10.3. The Bertz CT molecular complexity index is 811. The van der Waals surface area contributed by atoms with E-state index in [9.17, 15) is 4.79 Å². The Balaban J connectivity index is 0.00000243. The molecule has 26 heavy (non-hydrogen) atoms. The molecule has 0 fully saturated rings. The highest BCUT2D eigenvalue weighted by Crippen LogP contribution is 2.34. The Hall–Kier alpha value is -1.71. The summed E-state index contributed by atoms with van der Waals surface area (Å²) in [6.07, 6.45) is 0. The molecule has 0 atom stereocenters. The maximum absolute atomic E-state index is 12.3. The molecule has 2 nitrogen and oxygen atoms in total. The van der Waals surface area contributed by atoms with Gasteiger partial charge >= 0.3 is 5.97 Å². The summed E-state index contributed by atoms with van der Waals surface area (Å²) < 4.78 is 5.22. The lowest BCUT2D eigenvalue weighted by Crippen LogP contribution is -2.24. The highest BCUT2D eigenvalue weighted by molar-refractivity contribution is 14.0. The van der Waals surface area contributed by atoms with Crippen LogP contribution in [0.2, 0.25) is 0 Å². The van der Waals surface area contributed by atoms with E-state index in [0.29, 0.717) is 12.2 Å². The van der Waals surface area contributed by atoms with Crippen LogP contribution in [0.5, 0.6) is 0 Å². The Morgan fingerprint density at radius 1 is 0.846 bits per heavy atom. The van der Waals surface area contributed by atoms with Crippen LogP contribution < -0.4 is 15.9 Å². The zero-order chi connectivity index (χ0) is 17.6. The van der Waals surface area contributed by atoms with Crippen LogP contribution in [-0.4, -0.2) is 12.6 Å². The number of ether oxygens (including phenoxy) is 1. The third-order valence-electron chi connectivity index (χ3n) is 4.07. The topological polar surface area (TPSA) is 26.3 Å². The first-order valence-corrected chi connectivity index (χ1v) is 9.73. The third-order valence-corrected chi connectivity index (χ3v) is 6.67. The van der Waals surface area contributed by atoms with Crippen LogP contribution >= 0.6 is 31.9 Å². The van der Waals surface area contributed by atoms with Gasteiger partial charge in [0, 0.05) is 0 Å². The molecule has 0 heterocycles. The summed E-state index contributed by atoms with van der Waals surface area (Å²) >= 11 is 0. The average Bonchev–Trinajstić information content (AvgIpc) is 2.65. The number of carbonyl (C=O) groups is 1.